The fourth-order valence-corrected chi connectivity index (χ4v) is 1.97. The van der Waals surface area contributed by atoms with Gasteiger partial charge in [-0.25, -0.2) is 0 Å². The average molecular weight is 276 g/mol. The molecule has 0 aromatic heterocycles. The molecule has 0 aromatic rings. The van der Waals surface area contributed by atoms with E-state index >= 15 is 0 Å². The van der Waals surface area contributed by atoms with Gasteiger partial charge in [0.15, 0.2) is 0 Å². The zero-order chi connectivity index (χ0) is 14.0. The van der Waals surface area contributed by atoms with Crippen LogP contribution >= 0.6 is 11.8 Å². The molecule has 0 aliphatic rings. The number of carboxylic acids is 1. The van der Waals surface area contributed by atoms with E-state index in [0.29, 0.717) is 25.1 Å². The largest absolute Gasteiger partial charge is 0.481 e. The van der Waals surface area contributed by atoms with Crippen LogP contribution in [0.3, 0.4) is 0 Å². The first-order valence-electron chi connectivity index (χ1n) is 5.80. The van der Waals surface area contributed by atoms with Gasteiger partial charge in [0.05, 0.1) is 5.75 Å². The van der Waals surface area contributed by atoms with Crippen molar-refractivity contribution in [2.45, 2.75) is 26.2 Å². The summed E-state index contributed by atoms with van der Waals surface area (Å²) in [5.74, 6) is -0.671. The Hall–Kier alpha value is -1.24. The van der Waals surface area contributed by atoms with Crippen LogP contribution in [0.2, 0.25) is 0 Å². The SMILES string of the molecule is CCC(CNC(=O)CCSCC(N)=O)CC(=O)O. The number of carbonyl (C=O) groups excluding carboxylic acids is 2. The molecule has 18 heavy (non-hydrogen) atoms. The van der Waals surface area contributed by atoms with E-state index in [1.54, 1.807) is 0 Å². The van der Waals surface area contributed by atoms with E-state index in [1.165, 1.54) is 11.8 Å². The molecule has 0 aromatic carbocycles. The van der Waals surface area contributed by atoms with Crippen LogP contribution in [0.5, 0.6) is 0 Å². The highest BCUT2D eigenvalue weighted by molar-refractivity contribution is 7.99. The zero-order valence-corrected chi connectivity index (χ0v) is 11.3. The van der Waals surface area contributed by atoms with Gasteiger partial charge in [-0.2, -0.15) is 11.8 Å². The van der Waals surface area contributed by atoms with Crippen molar-refractivity contribution in [3.8, 4) is 0 Å². The summed E-state index contributed by atoms with van der Waals surface area (Å²) in [7, 11) is 0. The second-order valence-corrected chi connectivity index (χ2v) is 5.05. The number of carboxylic acid groups (broad SMARTS) is 1. The highest BCUT2D eigenvalue weighted by Gasteiger charge is 2.12. The Morgan fingerprint density at radius 3 is 2.56 bits per heavy atom. The molecular weight excluding hydrogens is 256 g/mol. The summed E-state index contributed by atoms with van der Waals surface area (Å²) in [6, 6.07) is 0. The number of hydrogen-bond acceptors (Lipinski definition) is 4. The molecule has 0 aliphatic carbocycles. The van der Waals surface area contributed by atoms with Crippen LogP contribution in [-0.2, 0) is 14.4 Å². The van der Waals surface area contributed by atoms with E-state index < -0.39 is 11.9 Å². The summed E-state index contributed by atoms with van der Waals surface area (Å²) in [5.41, 5.74) is 4.96. The molecule has 0 bridgehead atoms. The van der Waals surface area contributed by atoms with Crippen LogP contribution in [0.25, 0.3) is 0 Å². The van der Waals surface area contributed by atoms with Crippen molar-refractivity contribution < 1.29 is 19.5 Å². The lowest BCUT2D eigenvalue weighted by molar-refractivity contribution is -0.138. The maximum Gasteiger partial charge on any atom is 0.303 e. The van der Waals surface area contributed by atoms with E-state index in [1.807, 2.05) is 6.92 Å². The summed E-state index contributed by atoms with van der Waals surface area (Å²) in [6.07, 6.45) is 1.08. The van der Waals surface area contributed by atoms with Gasteiger partial charge in [0.25, 0.3) is 0 Å². The van der Waals surface area contributed by atoms with Crippen molar-refractivity contribution in [3.63, 3.8) is 0 Å². The lowest BCUT2D eigenvalue weighted by atomic mass is 10.0. The fraction of sp³-hybridized carbons (Fsp3) is 0.727. The van der Waals surface area contributed by atoms with Gasteiger partial charge in [-0.05, 0) is 5.92 Å². The molecule has 7 heteroatoms. The van der Waals surface area contributed by atoms with Crippen LogP contribution in [0.4, 0.5) is 0 Å². The minimum absolute atomic E-state index is 0.0373. The molecule has 2 amide bonds. The summed E-state index contributed by atoms with van der Waals surface area (Å²) in [6.45, 7) is 2.27. The second kappa shape index (κ2) is 9.76. The Morgan fingerprint density at radius 2 is 2.06 bits per heavy atom. The molecule has 0 saturated heterocycles. The molecule has 0 spiro atoms. The van der Waals surface area contributed by atoms with Crippen molar-refractivity contribution in [1.29, 1.82) is 0 Å². The fourth-order valence-electron chi connectivity index (χ4n) is 1.29. The third-order valence-corrected chi connectivity index (χ3v) is 3.33. The van der Waals surface area contributed by atoms with Gasteiger partial charge >= 0.3 is 5.97 Å². The number of nitrogens with two attached hydrogens (primary N) is 1. The number of hydrogen-bond donors (Lipinski definition) is 3. The topological polar surface area (TPSA) is 109 Å². The van der Waals surface area contributed by atoms with Crippen LogP contribution in [0, 0.1) is 5.92 Å². The first-order chi connectivity index (χ1) is 8.45. The molecule has 0 saturated carbocycles. The highest BCUT2D eigenvalue weighted by atomic mass is 32.2. The molecule has 1 unspecified atom stereocenters. The number of primary amides is 1. The van der Waals surface area contributed by atoms with Gasteiger partial charge in [-0.1, -0.05) is 13.3 Å². The number of amides is 2. The molecule has 0 radical (unpaired) electrons. The first kappa shape index (κ1) is 16.8. The lowest BCUT2D eigenvalue weighted by Gasteiger charge is -2.13. The summed E-state index contributed by atoms with van der Waals surface area (Å²) >= 11 is 1.31. The standard InChI is InChI=1S/C11H20N2O4S/c1-2-8(5-11(16)17)6-13-10(15)3-4-18-7-9(12)14/h8H,2-7H2,1H3,(H2,12,14)(H,13,15)(H,16,17). The molecule has 104 valence electrons. The van der Waals surface area contributed by atoms with Crippen molar-refractivity contribution in [2.75, 3.05) is 18.1 Å². The predicted octanol–water partition coefficient (Wildman–Crippen LogP) is 0.212. The maximum atomic E-state index is 11.4. The van der Waals surface area contributed by atoms with Crippen molar-refractivity contribution >= 4 is 29.5 Å². The summed E-state index contributed by atoms with van der Waals surface area (Å²) in [5, 5.41) is 11.3. The maximum absolute atomic E-state index is 11.4. The molecule has 0 heterocycles. The number of aliphatic carboxylic acids is 1. The van der Waals surface area contributed by atoms with Gasteiger partial charge in [0.2, 0.25) is 11.8 Å². The van der Waals surface area contributed by atoms with Crippen LogP contribution < -0.4 is 11.1 Å². The summed E-state index contributed by atoms with van der Waals surface area (Å²) < 4.78 is 0. The molecule has 0 aliphatic heterocycles. The first-order valence-corrected chi connectivity index (χ1v) is 6.95. The monoisotopic (exact) mass is 276 g/mol. The van der Waals surface area contributed by atoms with Gasteiger partial charge in [-0.15, -0.1) is 0 Å². The number of nitrogens with one attached hydrogen (secondary N) is 1. The van der Waals surface area contributed by atoms with Gasteiger partial charge in [0, 0.05) is 25.1 Å². The molecule has 0 fully saturated rings. The number of thioether (sulfide) groups is 1. The Morgan fingerprint density at radius 1 is 1.39 bits per heavy atom. The van der Waals surface area contributed by atoms with Crippen molar-refractivity contribution in [3.05, 3.63) is 0 Å². The molecule has 1 atom stereocenters. The van der Waals surface area contributed by atoms with E-state index in [-0.39, 0.29) is 24.0 Å². The van der Waals surface area contributed by atoms with Gasteiger partial charge < -0.3 is 16.2 Å². The number of rotatable bonds is 10. The third kappa shape index (κ3) is 9.95. The van der Waals surface area contributed by atoms with Crippen LogP contribution in [-0.4, -0.2) is 40.9 Å². The smallest absolute Gasteiger partial charge is 0.303 e. The van der Waals surface area contributed by atoms with E-state index in [4.69, 9.17) is 10.8 Å². The van der Waals surface area contributed by atoms with Crippen LogP contribution in [0.15, 0.2) is 0 Å². The van der Waals surface area contributed by atoms with Crippen LogP contribution in [0.1, 0.15) is 26.2 Å². The third-order valence-electron chi connectivity index (χ3n) is 2.35. The molecular formula is C11H20N2O4S. The summed E-state index contributed by atoms with van der Waals surface area (Å²) in [4.78, 5) is 32.4. The van der Waals surface area contributed by atoms with E-state index in [9.17, 15) is 14.4 Å². The van der Waals surface area contributed by atoms with Crippen molar-refractivity contribution in [1.82, 2.24) is 5.32 Å². The Labute approximate surface area is 111 Å². The zero-order valence-electron chi connectivity index (χ0n) is 10.5. The normalized spacial score (nSPS) is 11.8. The van der Waals surface area contributed by atoms with Crippen molar-refractivity contribution in [2.24, 2.45) is 11.7 Å². The quantitative estimate of drug-likeness (QED) is 0.494. The number of carbonyl (C=O) groups is 3. The van der Waals surface area contributed by atoms with Gasteiger partial charge in [-0.3, -0.25) is 14.4 Å². The van der Waals surface area contributed by atoms with Gasteiger partial charge in [0.1, 0.15) is 0 Å². The van der Waals surface area contributed by atoms with E-state index in [0.717, 1.165) is 0 Å². The Balaban J connectivity index is 3.67. The van der Waals surface area contributed by atoms with E-state index in [2.05, 4.69) is 5.32 Å². The average Bonchev–Trinajstić information content (AvgIpc) is 2.29. The molecule has 0 rings (SSSR count). The minimum atomic E-state index is -0.854. The highest BCUT2D eigenvalue weighted by Crippen LogP contribution is 2.07. The minimum Gasteiger partial charge on any atom is -0.481 e. The second-order valence-electron chi connectivity index (χ2n) is 3.95. The Bertz CT molecular complexity index is 297. The lowest BCUT2D eigenvalue weighted by Crippen LogP contribution is -2.30. The molecule has 4 N–H and O–H groups in total. The Kier molecular flexibility index (Phi) is 9.08. The predicted molar refractivity (Wildman–Crippen MR) is 70.2 cm³/mol. The molecule has 6 nitrogen and oxygen atoms in total.